The van der Waals surface area contributed by atoms with Crippen molar-refractivity contribution in [2.75, 3.05) is 10.6 Å². The van der Waals surface area contributed by atoms with Crippen LogP contribution in [-0.4, -0.2) is 49.9 Å². The summed E-state index contributed by atoms with van der Waals surface area (Å²) in [6, 6.07) is 31.0. The summed E-state index contributed by atoms with van der Waals surface area (Å²) >= 11 is 0. The Morgan fingerprint density at radius 3 is 1.84 bits per heavy atom. The number of carbonyl (C=O) groups is 3. The lowest BCUT2D eigenvalue weighted by Crippen LogP contribution is -2.22. The minimum Gasteiger partial charge on any atom is -0.481 e. The molecule has 0 unspecified atom stereocenters. The average Bonchev–Trinajstić information content (AvgIpc) is 3.44. The van der Waals surface area contributed by atoms with Crippen molar-refractivity contribution in [3.63, 3.8) is 0 Å². The number of aromatic nitrogens is 1. The summed E-state index contributed by atoms with van der Waals surface area (Å²) in [4.78, 5) is 38.1. The fourth-order valence-corrected chi connectivity index (χ4v) is 6.11. The molecule has 1 aromatic heterocycles. The molecule has 0 aliphatic carbocycles. The fraction of sp³-hybridized carbons (Fsp3) is 0.225. The van der Waals surface area contributed by atoms with Crippen LogP contribution in [0.25, 0.3) is 22.4 Å². The van der Waals surface area contributed by atoms with E-state index in [9.17, 15) is 29.0 Å². The molecule has 4 aromatic carbocycles. The van der Waals surface area contributed by atoms with E-state index in [1.165, 1.54) is 12.1 Å². The van der Waals surface area contributed by atoms with Crippen molar-refractivity contribution in [1.29, 1.82) is 0 Å². The Kier molecular flexibility index (Phi) is 11.6. The topological polar surface area (TPSA) is 141 Å². The number of halogens is 1. The number of benzene rings is 4. The third kappa shape index (κ3) is 8.71. The molecule has 0 bridgehead atoms. The fourth-order valence-electron chi connectivity index (χ4n) is 6.11. The summed E-state index contributed by atoms with van der Waals surface area (Å²) in [7, 11) is 0. The van der Waals surface area contributed by atoms with Crippen molar-refractivity contribution in [1.82, 2.24) is 4.57 Å². The van der Waals surface area contributed by atoms with E-state index in [1.807, 2.05) is 54.8 Å². The molecular weight excluding hydrogens is 637 g/mol. The first-order chi connectivity index (χ1) is 24.0. The Labute approximate surface area is 290 Å². The van der Waals surface area contributed by atoms with Crippen molar-refractivity contribution in [3.05, 3.63) is 132 Å². The van der Waals surface area contributed by atoms with Gasteiger partial charge in [0.25, 0.3) is 11.8 Å². The van der Waals surface area contributed by atoms with Gasteiger partial charge in [-0.15, -0.1) is 0 Å². The van der Waals surface area contributed by atoms with Gasteiger partial charge in [0.1, 0.15) is 5.82 Å². The lowest BCUT2D eigenvalue weighted by molar-refractivity contribution is -0.139. The van der Waals surface area contributed by atoms with Crippen molar-refractivity contribution >= 4 is 29.2 Å². The van der Waals surface area contributed by atoms with Gasteiger partial charge in [-0.1, -0.05) is 62.4 Å². The molecule has 0 aliphatic heterocycles. The van der Waals surface area contributed by atoms with Crippen LogP contribution in [0.4, 0.5) is 15.8 Å². The van der Waals surface area contributed by atoms with Gasteiger partial charge in [-0.2, -0.15) is 0 Å². The number of carboxylic acids is 1. The van der Waals surface area contributed by atoms with Crippen LogP contribution in [0.1, 0.15) is 65.4 Å². The highest BCUT2D eigenvalue weighted by Gasteiger charge is 2.31. The number of aliphatic hydroxyl groups excluding tert-OH is 2. The maximum atomic E-state index is 14.4. The maximum Gasteiger partial charge on any atom is 0.305 e. The third-order valence-corrected chi connectivity index (χ3v) is 8.33. The number of aliphatic hydroxyl groups is 2. The Bertz CT molecular complexity index is 1920. The summed E-state index contributed by atoms with van der Waals surface area (Å²) < 4.78 is 16.1. The van der Waals surface area contributed by atoms with Gasteiger partial charge < -0.3 is 30.5 Å². The molecule has 0 saturated heterocycles. The number of nitrogens with zero attached hydrogens (tertiary/aromatic N) is 1. The molecule has 0 radical (unpaired) electrons. The molecule has 10 heteroatoms. The normalized spacial score (nSPS) is 12.4. The number of carboxylic acid groups (broad SMARTS) is 1. The number of hydrogen-bond acceptors (Lipinski definition) is 5. The largest absolute Gasteiger partial charge is 0.481 e. The highest BCUT2D eigenvalue weighted by atomic mass is 19.1. The summed E-state index contributed by atoms with van der Waals surface area (Å²) in [6.45, 7) is 4.15. The summed E-state index contributed by atoms with van der Waals surface area (Å²) in [6.07, 6.45) is -2.69. The molecule has 0 spiro atoms. The van der Waals surface area contributed by atoms with Gasteiger partial charge in [0.05, 0.1) is 29.9 Å². The van der Waals surface area contributed by atoms with E-state index in [0.717, 1.165) is 5.56 Å². The predicted molar refractivity (Wildman–Crippen MR) is 192 cm³/mol. The van der Waals surface area contributed by atoms with Gasteiger partial charge in [0.15, 0.2) is 0 Å². The average molecular weight is 678 g/mol. The van der Waals surface area contributed by atoms with Crippen LogP contribution in [0.3, 0.4) is 0 Å². The Hall–Kier alpha value is -5.58. The van der Waals surface area contributed by atoms with Gasteiger partial charge in [0, 0.05) is 34.7 Å². The SMILES string of the molecule is CC(C)c1c(C(=O)Nc2ccc(NC(=O)c3ccccc3)cc2)c(-c2ccccc2)c(-c2ccc(F)cc2)n1CC[C@@H](O)C[C@@H](O)CC(=O)O. The zero-order valence-corrected chi connectivity index (χ0v) is 27.8. The molecule has 5 rings (SSSR count). The second-order valence-corrected chi connectivity index (χ2v) is 12.4. The molecule has 9 nitrogen and oxygen atoms in total. The zero-order chi connectivity index (χ0) is 35.8. The molecule has 258 valence electrons. The molecule has 2 amide bonds. The van der Waals surface area contributed by atoms with E-state index in [0.29, 0.717) is 45.0 Å². The van der Waals surface area contributed by atoms with E-state index in [-0.39, 0.29) is 37.1 Å². The zero-order valence-electron chi connectivity index (χ0n) is 27.8. The van der Waals surface area contributed by atoms with E-state index in [1.54, 1.807) is 60.7 Å². The minimum atomic E-state index is -1.22. The maximum absolute atomic E-state index is 14.4. The van der Waals surface area contributed by atoms with Gasteiger partial charge in [0.2, 0.25) is 0 Å². The number of anilines is 2. The second-order valence-electron chi connectivity index (χ2n) is 12.4. The Morgan fingerprint density at radius 2 is 1.28 bits per heavy atom. The molecule has 5 N–H and O–H groups in total. The second kappa shape index (κ2) is 16.2. The Morgan fingerprint density at radius 1 is 0.720 bits per heavy atom. The van der Waals surface area contributed by atoms with Crippen LogP contribution >= 0.6 is 0 Å². The predicted octanol–water partition coefficient (Wildman–Crippen LogP) is 7.57. The van der Waals surface area contributed by atoms with Gasteiger partial charge >= 0.3 is 5.97 Å². The van der Waals surface area contributed by atoms with Crippen molar-refractivity contribution in [3.8, 4) is 22.4 Å². The van der Waals surface area contributed by atoms with Crippen molar-refractivity contribution in [2.24, 2.45) is 0 Å². The number of carbonyl (C=O) groups excluding carboxylic acids is 2. The molecule has 0 fully saturated rings. The smallest absolute Gasteiger partial charge is 0.305 e. The van der Waals surface area contributed by atoms with Crippen molar-refractivity contribution in [2.45, 2.75) is 57.8 Å². The van der Waals surface area contributed by atoms with E-state index >= 15 is 0 Å². The standard InChI is InChI=1S/C40H40FN3O6/c1-25(2)37-36(40(50)43-31-19-17-30(18-20-31)42-39(49)28-11-7-4-8-12-28)35(26-9-5-3-6-10-26)38(27-13-15-29(41)16-14-27)44(37)22-21-32(45)23-33(46)24-34(47)48/h3-20,25,32-33,45-46H,21-24H2,1-2H3,(H,42,49)(H,43,50)(H,47,48)/t32-,33-/m1/s1. The van der Waals surface area contributed by atoms with Crippen LogP contribution in [0.5, 0.6) is 0 Å². The number of nitrogens with one attached hydrogen (secondary N) is 2. The van der Waals surface area contributed by atoms with E-state index in [4.69, 9.17) is 5.11 Å². The minimum absolute atomic E-state index is 0.128. The first-order valence-electron chi connectivity index (χ1n) is 16.4. The molecule has 0 saturated carbocycles. The third-order valence-electron chi connectivity index (χ3n) is 8.33. The lowest BCUT2D eigenvalue weighted by atomic mass is 9.94. The number of aliphatic carboxylic acids is 1. The van der Waals surface area contributed by atoms with Gasteiger partial charge in [-0.05, 0) is 90.6 Å². The van der Waals surface area contributed by atoms with Crippen molar-refractivity contribution < 1.29 is 34.1 Å². The Balaban J connectivity index is 1.55. The number of rotatable bonds is 14. The molecule has 50 heavy (non-hydrogen) atoms. The first kappa shape index (κ1) is 35.7. The highest BCUT2D eigenvalue weighted by Crippen LogP contribution is 2.42. The van der Waals surface area contributed by atoms with Crippen LogP contribution in [0.2, 0.25) is 0 Å². The quantitative estimate of drug-likeness (QED) is 0.0822. The summed E-state index contributed by atoms with van der Waals surface area (Å²) in [5.74, 6) is -2.40. The number of hydrogen-bond donors (Lipinski definition) is 5. The molecule has 5 aromatic rings. The lowest BCUT2D eigenvalue weighted by Gasteiger charge is -2.20. The van der Waals surface area contributed by atoms with Crippen LogP contribution in [0, 0.1) is 5.82 Å². The molecule has 0 aliphatic rings. The van der Waals surface area contributed by atoms with Crippen LogP contribution in [-0.2, 0) is 11.3 Å². The highest BCUT2D eigenvalue weighted by molar-refractivity contribution is 6.12. The summed E-state index contributed by atoms with van der Waals surface area (Å²) in [5.41, 5.74) is 5.37. The van der Waals surface area contributed by atoms with E-state index < -0.39 is 30.4 Å². The first-order valence-corrected chi connectivity index (χ1v) is 16.4. The molecule has 2 atom stereocenters. The number of amides is 2. The monoisotopic (exact) mass is 677 g/mol. The molecular formula is C40H40FN3O6. The van der Waals surface area contributed by atoms with Gasteiger partial charge in [-0.25, -0.2) is 4.39 Å². The van der Waals surface area contributed by atoms with Crippen LogP contribution < -0.4 is 10.6 Å². The summed E-state index contributed by atoms with van der Waals surface area (Å²) in [5, 5.41) is 35.9. The van der Waals surface area contributed by atoms with Crippen LogP contribution in [0.15, 0.2) is 109 Å². The van der Waals surface area contributed by atoms with E-state index in [2.05, 4.69) is 10.6 Å². The van der Waals surface area contributed by atoms with Gasteiger partial charge in [-0.3, -0.25) is 14.4 Å². The molecule has 1 heterocycles.